The predicted octanol–water partition coefficient (Wildman–Crippen LogP) is -0.536. The fourth-order valence-corrected chi connectivity index (χ4v) is 2.66. The Bertz CT molecular complexity index is 821. The first-order chi connectivity index (χ1) is 11.3. The average molecular weight is 340 g/mol. The molecule has 0 saturated carbocycles. The number of ether oxygens (including phenoxy) is 1. The largest absolute Gasteiger partial charge is 0.394 e. The predicted molar refractivity (Wildman–Crippen MR) is 76.1 cm³/mol. The second kappa shape index (κ2) is 5.76. The van der Waals surface area contributed by atoms with Gasteiger partial charge in [-0.05, 0) is 0 Å². The van der Waals surface area contributed by atoms with Gasteiger partial charge in [0, 0.05) is 6.07 Å². The van der Waals surface area contributed by atoms with Crippen LogP contribution in [0.15, 0.2) is 18.5 Å². The highest BCUT2D eigenvalue weighted by molar-refractivity contribution is 5.83. The zero-order chi connectivity index (χ0) is 17.6. The first-order valence-electron chi connectivity index (χ1n) is 6.77. The van der Waals surface area contributed by atoms with Crippen molar-refractivity contribution in [3.05, 3.63) is 38.7 Å². The second-order valence-electron chi connectivity index (χ2n) is 5.22. The molecule has 3 N–H and O–H groups in total. The van der Waals surface area contributed by atoms with Crippen molar-refractivity contribution in [3.63, 3.8) is 0 Å². The number of hydrogen-bond donors (Lipinski definition) is 3. The van der Waals surface area contributed by atoms with Crippen molar-refractivity contribution >= 4 is 22.4 Å². The van der Waals surface area contributed by atoms with Crippen molar-refractivity contribution in [2.24, 2.45) is 0 Å². The van der Waals surface area contributed by atoms with E-state index in [-0.39, 0.29) is 11.0 Å². The standard InChI is InChI=1S/C12H12N4O8/c17-3-9-10(18)11(19)12(24-9)14-4-13-5-1-7(15(20)21)8(16(22)23)2-6(5)14/h1-2,4,9-12,17-19H,3H2/t9-,10-,11-,12-/m1/s1. The molecule has 0 radical (unpaired) electrons. The van der Waals surface area contributed by atoms with Crippen LogP contribution >= 0.6 is 0 Å². The Morgan fingerprint density at radius 2 is 1.79 bits per heavy atom. The van der Waals surface area contributed by atoms with Gasteiger partial charge in [-0.25, -0.2) is 4.98 Å². The lowest BCUT2D eigenvalue weighted by Crippen LogP contribution is -2.33. The van der Waals surface area contributed by atoms with Crippen LogP contribution in [-0.2, 0) is 4.74 Å². The Morgan fingerprint density at radius 1 is 1.17 bits per heavy atom. The number of aliphatic hydroxyl groups excluding tert-OH is 3. The number of nitrogens with zero attached hydrogens (tertiary/aromatic N) is 4. The van der Waals surface area contributed by atoms with Gasteiger partial charge < -0.3 is 24.6 Å². The number of aliphatic hydroxyl groups is 3. The Hall–Kier alpha value is -2.67. The summed E-state index contributed by atoms with van der Waals surface area (Å²) in [7, 11) is 0. The first-order valence-corrected chi connectivity index (χ1v) is 6.77. The molecule has 1 aliphatic rings. The molecule has 4 atom stereocenters. The summed E-state index contributed by atoms with van der Waals surface area (Å²) < 4.78 is 6.55. The Morgan fingerprint density at radius 3 is 2.33 bits per heavy atom. The smallest absolute Gasteiger partial charge is 0.348 e. The zero-order valence-electron chi connectivity index (χ0n) is 11.9. The van der Waals surface area contributed by atoms with E-state index in [0.717, 1.165) is 12.1 Å². The monoisotopic (exact) mass is 340 g/mol. The Kier molecular flexibility index (Phi) is 3.88. The summed E-state index contributed by atoms with van der Waals surface area (Å²) in [5.74, 6) is 0. The highest BCUT2D eigenvalue weighted by Crippen LogP contribution is 2.35. The third-order valence-electron chi connectivity index (χ3n) is 3.86. The molecule has 2 heterocycles. The molecular formula is C12H12N4O8. The van der Waals surface area contributed by atoms with Crippen molar-refractivity contribution < 1.29 is 29.9 Å². The summed E-state index contributed by atoms with van der Waals surface area (Å²) in [6.45, 7) is -0.535. The molecule has 0 unspecified atom stereocenters. The van der Waals surface area contributed by atoms with Gasteiger partial charge in [0.15, 0.2) is 6.23 Å². The quantitative estimate of drug-likeness (QED) is 0.487. The van der Waals surface area contributed by atoms with E-state index in [1.807, 2.05) is 0 Å². The SMILES string of the molecule is O=[N+]([O-])c1cc2ncn([C@@H]3O[C@H](CO)[C@@H](O)[C@H]3O)c2cc1[N+](=O)[O-]. The molecule has 0 amide bonds. The number of nitro groups is 2. The van der Waals surface area contributed by atoms with Gasteiger partial charge in [0.2, 0.25) is 0 Å². The van der Waals surface area contributed by atoms with Crippen LogP contribution in [0, 0.1) is 20.2 Å². The van der Waals surface area contributed by atoms with Crippen molar-refractivity contribution in [2.75, 3.05) is 6.61 Å². The summed E-state index contributed by atoms with van der Waals surface area (Å²) in [5.41, 5.74) is -1.24. The fourth-order valence-electron chi connectivity index (χ4n) is 2.66. The molecule has 1 saturated heterocycles. The van der Waals surface area contributed by atoms with Gasteiger partial charge in [-0.15, -0.1) is 0 Å². The van der Waals surface area contributed by atoms with Crippen LogP contribution in [0.2, 0.25) is 0 Å². The van der Waals surface area contributed by atoms with E-state index in [1.54, 1.807) is 0 Å². The molecule has 12 nitrogen and oxygen atoms in total. The van der Waals surface area contributed by atoms with Crippen LogP contribution in [0.4, 0.5) is 11.4 Å². The number of benzene rings is 1. The third-order valence-corrected chi connectivity index (χ3v) is 3.86. The van der Waals surface area contributed by atoms with Crippen LogP contribution < -0.4 is 0 Å². The molecule has 1 aromatic carbocycles. The van der Waals surface area contributed by atoms with Gasteiger partial charge in [-0.2, -0.15) is 0 Å². The Labute approximate surface area is 132 Å². The third kappa shape index (κ3) is 2.37. The van der Waals surface area contributed by atoms with Gasteiger partial charge >= 0.3 is 11.4 Å². The van der Waals surface area contributed by atoms with E-state index in [0.29, 0.717) is 0 Å². The fraction of sp³-hybridized carbons (Fsp3) is 0.417. The molecule has 12 heteroatoms. The van der Waals surface area contributed by atoms with Crippen molar-refractivity contribution in [2.45, 2.75) is 24.5 Å². The van der Waals surface area contributed by atoms with Crippen LogP contribution in [0.1, 0.15) is 6.23 Å². The number of rotatable bonds is 4. The molecular weight excluding hydrogens is 328 g/mol. The lowest BCUT2D eigenvalue weighted by atomic mass is 10.1. The van der Waals surface area contributed by atoms with Gasteiger partial charge in [0.25, 0.3) is 0 Å². The first kappa shape index (κ1) is 16.2. The maximum Gasteiger partial charge on any atom is 0.348 e. The van der Waals surface area contributed by atoms with Gasteiger partial charge in [0.1, 0.15) is 18.3 Å². The zero-order valence-corrected chi connectivity index (χ0v) is 11.9. The molecule has 0 bridgehead atoms. The van der Waals surface area contributed by atoms with Crippen molar-refractivity contribution in [1.82, 2.24) is 9.55 Å². The van der Waals surface area contributed by atoms with Crippen LogP contribution in [0.5, 0.6) is 0 Å². The lowest BCUT2D eigenvalue weighted by molar-refractivity contribution is -0.422. The Balaban J connectivity index is 2.12. The van der Waals surface area contributed by atoms with Gasteiger partial charge in [-0.3, -0.25) is 20.2 Å². The number of imidazole rings is 1. The number of nitro benzene ring substituents is 2. The van der Waals surface area contributed by atoms with E-state index in [2.05, 4.69) is 4.98 Å². The summed E-state index contributed by atoms with van der Waals surface area (Å²) in [5, 5.41) is 50.9. The molecule has 3 rings (SSSR count). The minimum absolute atomic E-state index is 0.0880. The number of aromatic nitrogens is 2. The number of hydrogen-bond acceptors (Lipinski definition) is 9. The average Bonchev–Trinajstić information content (AvgIpc) is 3.07. The molecule has 24 heavy (non-hydrogen) atoms. The minimum Gasteiger partial charge on any atom is -0.394 e. The molecule has 1 aromatic heterocycles. The second-order valence-corrected chi connectivity index (χ2v) is 5.22. The summed E-state index contributed by atoms with van der Waals surface area (Å²) in [4.78, 5) is 24.1. The molecule has 128 valence electrons. The molecule has 0 aliphatic carbocycles. The summed E-state index contributed by atoms with van der Waals surface area (Å²) >= 11 is 0. The maximum absolute atomic E-state index is 11.1. The summed E-state index contributed by atoms with van der Waals surface area (Å²) in [6.07, 6.45) is -3.77. The van der Waals surface area contributed by atoms with Crippen LogP contribution in [-0.4, -0.2) is 59.6 Å². The lowest BCUT2D eigenvalue weighted by Gasteiger charge is -2.16. The normalized spacial score (nSPS) is 26.8. The van der Waals surface area contributed by atoms with E-state index >= 15 is 0 Å². The van der Waals surface area contributed by atoms with E-state index < -0.39 is 52.4 Å². The van der Waals surface area contributed by atoms with Crippen LogP contribution in [0.3, 0.4) is 0 Å². The molecule has 1 aliphatic heterocycles. The van der Waals surface area contributed by atoms with E-state index in [1.165, 1.54) is 10.9 Å². The van der Waals surface area contributed by atoms with Gasteiger partial charge in [-0.1, -0.05) is 0 Å². The van der Waals surface area contributed by atoms with E-state index in [4.69, 9.17) is 9.84 Å². The maximum atomic E-state index is 11.1. The number of fused-ring (bicyclic) bond motifs is 1. The van der Waals surface area contributed by atoms with E-state index in [9.17, 15) is 30.4 Å². The minimum atomic E-state index is -1.41. The topological polar surface area (TPSA) is 174 Å². The molecule has 1 fully saturated rings. The highest BCUT2D eigenvalue weighted by atomic mass is 16.6. The molecule has 0 spiro atoms. The van der Waals surface area contributed by atoms with Crippen molar-refractivity contribution in [1.29, 1.82) is 0 Å². The highest BCUT2D eigenvalue weighted by Gasteiger charge is 2.44. The van der Waals surface area contributed by atoms with Crippen molar-refractivity contribution in [3.8, 4) is 0 Å². The summed E-state index contributed by atoms with van der Waals surface area (Å²) in [6, 6.07) is 1.90. The molecule has 2 aromatic rings. The van der Waals surface area contributed by atoms with Gasteiger partial charge in [0.05, 0.1) is 39.9 Å². The van der Waals surface area contributed by atoms with Crippen LogP contribution in [0.25, 0.3) is 11.0 Å².